The van der Waals surface area contributed by atoms with Gasteiger partial charge in [-0.25, -0.2) is 4.79 Å². The Balaban J connectivity index is 1.73. The standard InChI is InChI=1S/C15H15NO5/c1-2-20-12-7-10(12)14(17)16-9-3-4-11-8(5-9)6-13(21-11)15(18)19/h3-6,10,12H,2,7H2,1H3,(H,16,17)(H,18,19). The van der Waals surface area contributed by atoms with Crippen LogP contribution in [0.2, 0.25) is 0 Å². The summed E-state index contributed by atoms with van der Waals surface area (Å²) in [7, 11) is 0. The van der Waals surface area contributed by atoms with Crippen LogP contribution in [-0.4, -0.2) is 29.7 Å². The minimum absolute atomic E-state index is 0.0197. The second kappa shape index (κ2) is 5.21. The minimum Gasteiger partial charge on any atom is -0.475 e. The zero-order chi connectivity index (χ0) is 15.0. The second-order valence-electron chi connectivity index (χ2n) is 4.99. The number of carboxylic acids is 1. The number of rotatable bonds is 5. The van der Waals surface area contributed by atoms with E-state index in [2.05, 4.69) is 5.32 Å². The normalized spacial score (nSPS) is 20.4. The van der Waals surface area contributed by atoms with Crippen molar-refractivity contribution in [2.24, 2.45) is 5.92 Å². The largest absolute Gasteiger partial charge is 0.475 e. The van der Waals surface area contributed by atoms with Crippen LogP contribution >= 0.6 is 0 Å². The number of hydrogen-bond donors (Lipinski definition) is 2. The highest BCUT2D eigenvalue weighted by Gasteiger charge is 2.43. The Morgan fingerprint density at radius 3 is 2.95 bits per heavy atom. The van der Waals surface area contributed by atoms with E-state index >= 15 is 0 Å². The third-order valence-electron chi connectivity index (χ3n) is 3.44. The number of furan rings is 1. The predicted molar refractivity (Wildman–Crippen MR) is 75.3 cm³/mol. The monoisotopic (exact) mass is 289 g/mol. The van der Waals surface area contributed by atoms with Crippen molar-refractivity contribution in [3.8, 4) is 0 Å². The molecule has 1 fully saturated rings. The average molecular weight is 289 g/mol. The molecular formula is C15H15NO5. The zero-order valence-corrected chi connectivity index (χ0v) is 11.5. The van der Waals surface area contributed by atoms with Crippen molar-refractivity contribution >= 4 is 28.5 Å². The Kier molecular flexibility index (Phi) is 3.39. The third-order valence-corrected chi connectivity index (χ3v) is 3.44. The number of fused-ring (bicyclic) bond motifs is 1. The number of nitrogens with one attached hydrogen (secondary N) is 1. The molecule has 21 heavy (non-hydrogen) atoms. The molecule has 2 unspecified atom stereocenters. The SMILES string of the molecule is CCOC1CC1C(=O)Nc1ccc2oc(C(=O)O)cc2c1. The molecule has 2 aromatic rings. The van der Waals surface area contributed by atoms with Gasteiger partial charge < -0.3 is 19.6 Å². The van der Waals surface area contributed by atoms with Crippen molar-refractivity contribution in [2.45, 2.75) is 19.4 Å². The van der Waals surface area contributed by atoms with E-state index in [0.29, 0.717) is 23.3 Å². The molecule has 0 saturated heterocycles. The highest BCUT2D eigenvalue weighted by atomic mass is 16.5. The molecule has 1 aliphatic carbocycles. The summed E-state index contributed by atoms with van der Waals surface area (Å²) in [4.78, 5) is 22.9. The number of hydrogen-bond acceptors (Lipinski definition) is 4. The van der Waals surface area contributed by atoms with Gasteiger partial charge in [0.25, 0.3) is 0 Å². The van der Waals surface area contributed by atoms with Crippen LogP contribution in [0.5, 0.6) is 0 Å². The molecule has 2 N–H and O–H groups in total. The van der Waals surface area contributed by atoms with E-state index in [1.807, 2.05) is 6.92 Å². The smallest absolute Gasteiger partial charge is 0.371 e. The fraction of sp³-hybridized carbons (Fsp3) is 0.333. The summed E-state index contributed by atoms with van der Waals surface area (Å²) in [5, 5.41) is 12.3. The van der Waals surface area contributed by atoms with Crippen LogP contribution in [0, 0.1) is 5.92 Å². The minimum atomic E-state index is -1.12. The Morgan fingerprint density at radius 2 is 2.24 bits per heavy atom. The summed E-state index contributed by atoms with van der Waals surface area (Å²) >= 11 is 0. The van der Waals surface area contributed by atoms with E-state index in [-0.39, 0.29) is 23.7 Å². The van der Waals surface area contributed by atoms with Gasteiger partial charge >= 0.3 is 5.97 Å². The summed E-state index contributed by atoms with van der Waals surface area (Å²) < 4.78 is 10.5. The first-order valence-corrected chi connectivity index (χ1v) is 6.78. The second-order valence-corrected chi connectivity index (χ2v) is 4.99. The summed E-state index contributed by atoms with van der Waals surface area (Å²) in [5.41, 5.74) is 1.09. The van der Waals surface area contributed by atoms with Gasteiger partial charge in [0.1, 0.15) is 5.58 Å². The van der Waals surface area contributed by atoms with Gasteiger partial charge in [-0.1, -0.05) is 0 Å². The fourth-order valence-electron chi connectivity index (χ4n) is 2.31. The van der Waals surface area contributed by atoms with Crippen molar-refractivity contribution < 1.29 is 23.8 Å². The van der Waals surface area contributed by atoms with Crippen molar-refractivity contribution in [3.05, 3.63) is 30.0 Å². The highest BCUT2D eigenvalue weighted by Crippen LogP contribution is 2.35. The number of amides is 1. The van der Waals surface area contributed by atoms with E-state index in [0.717, 1.165) is 6.42 Å². The van der Waals surface area contributed by atoms with Gasteiger partial charge in [-0.2, -0.15) is 0 Å². The maximum atomic E-state index is 12.0. The maximum Gasteiger partial charge on any atom is 0.371 e. The van der Waals surface area contributed by atoms with Crippen LogP contribution in [0.4, 0.5) is 5.69 Å². The molecule has 0 spiro atoms. The summed E-state index contributed by atoms with van der Waals surface area (Å²) in [6.07, 6.45) is 0.767. The lowest BCUT2D eigenvalue weighted by Crippen LogP contribution is -2.16. The molecule has 1 aromatic heterocycles. The van der Waals surface area contributed by atoms with Gasteiger partial charge in [0.2, 0.25) is 11.7 Å². The van der Waals surface area contributed by atoms with Crippen molar-refractivity contribution in [3.63, 3.8) is 0 Å². The maximum absolute atomic E-state index is 12.0. The lowest BCUT2D eigenvalue weighted by atomic mass is 10.2. The Morgan fingerprint density at radius 1 is 1.43 bits per heavy atom. The molecule has 6 heteroatoms. The number of carboxylic acid groups (broad SMARTS) is 1. The summed E-state index contributed by atoms with van der Waals surface area (Å²) in [5.74, 6) is -1.41. The number of benzene rings is 1. The van der Waals surface area contributed by atoms with Crippen LogP contribution in [-0.2, 0) is 9.53 Å². The van der Waals surface area contributed by atoms with E-state index < -0.39 is 5.97 Å². The van der Waals surface area contributed by atoms with E-state index in [1.165, 1.54) is 6.07 Å². The van der Waals surface area contributed by atoms with E-state index in [4.69, 9.17) is 14.3 Å². The molecular weight excluding hydrogens is 274 g/mol. The van der Waals surface area contributed by atoms with Crippen molar-refractivity contribution in [1.82, 2.24) is 0 Å². The van der Waals surface area contributed by atoms with Crippen LogP contribution < -0.4 is 5.32 Å². The van der Waals surface area contributed by atoms with E-state index in [9.17, 15) is 9.59 Å². The molecule has 1 heterocycles. The topological polar surface area (TPSA) is 88.8 Å². The van der Waals surface area contributed by atoms with Gasteiger partial charge in [0, 0.05) is 17.7 Å². The first-order chi connectivity index (χ1) is 10.1. The lowest BCUT2D eigenvalue weighted by Gasteiger charge is -2.04. The number of aromatic carboxylic acids is 1. The van der Waals surface area contributed by atoms with Gasteiger partial charge in [-0.05, 0) is 37.6 Å². The molecule has 2 atom stereocenters. The average Bonchev–Trinajstić information content (AvgIpc) is 3.08. The summed E-state index contributed by atoms with van der Waals surface area (Å²) in [6, 6.07) is 6.46. The predicted octanol–water partition coefficient (Wildman–Crippen LogP) is 2.49. The molecule has 6 nitrogen and oxygen atoms in total. The van der Waals surface area contributed by atoms with Crippen molar-refractivity contribution in [1.29, 1.82) is 0 Å². The molecule has 1 saturated carbocycles. The lowest BCUT2D eigenvalue weighted by molar-refractivity contribution is -0.118. The quantitative estimate of drug-likeness (QED) is 0.882. The van der Waals surface area contributed by atoms with Crippen LogP contribution in [0.3, 0.4) is 0 Å². The number of carbonyl (C=O) groups excluding carboxylic acids is 1. The van der Waals surface area contributed by atoms with Crippen LogP contribution in [0.15, 0.2) is 28.7 Å². The third kappa shape index (κ3) is 2.75. The van der Waals surface area contributed by atoms with Gasteiger partial charge in [-0.3, -0.25) is 4.79 Å². The molecule has 1 aromatic carbocycles. The highest BCUT2D eigenvalue weighted by molar-refractivity contribution is 5.98. The molecule has 1 amide bonds. The first kappa shape index (κ1) is 13.6. The van der Waals surface area contributed by atoms with Crippen molar-refractivity contribution in [2.75, 3.05) is 11.9 Å². The first-order valence-electron chi connectivity index (χ1n) is 6.78. The van der Waals surface area contributed by atoms with Crippen LogP contribution in [0.1, 0.15) is 23.9 Å². The van der Waals surface area contributed by atoms with Gasteiger partial charge in [-0.15, -0.1) is 0 Å². The Hall–Kier alpha value is -2.34. The molecule has 0 bridgehead atoms. The molecule has 0 radical (unpaired) electrons. The zero-order valence-electron chi connectivity index (χ0n) is 11.5. The number of carbonyl (C=O) groups is 2. The van der Waals surface area contributed by atoms with Gasteiger partial charge in [0.05, 0.1) is 12.0 Å². The number of ether oxygens (including phenoxy) is 1. The molecule has 110 valence electrons. The van der Waals surface area contributed by atoms with E-state index in [1.54, 1.807) is 18.2 Å². The molecule has 0 aliphatic heterocycles. The van der Waals surface area contributed by atoms with Gasteiger partial charge in [0.15, 0.2) is 0 Å². The molecule has 1 aliphatic rings. The fourth-order valence-corrected chi connectivity index (χ4v) is 2.31. The number of anilines is 1. The summed E-state index contributed by atoms with van der Waals surface area (Å²) in [6.45, 7) is 2.51. The van der Waals surface area contributed by atoms with Crippen LogP contribution in [0.25, 0.3) is 11.0 Å². The molecule has 3 rings (SSSR count). The Labute approximate surface area is 120 Å². The Bertz CT molecular complexity index is 705.